The first-order valence-electron chi connectivity index (χ1n) is 6.52. The van der Waals surface area contributed by atoms with E-state index in [2.05, 4.69) is 15.9 Å². The van der Waals surface area contributed by atoms with Crippen LogP contribution < -0.4 is 15.2 Å². The molecule has 4 nitrogen and oxygen atoms in total. The third-order valence-corrected chi connectivity index (χ3v) is 3.19. The van der Waals surface area contributed by atoms with E-state index < -0.39 is 0 Å². The van der Waals surface area contributed by atoms with Crippen molar-refractivity contribution in [2.75, 3.05) is 13.2 Å². The fourth-order valence-corrected chi connectivity index (χ4v) is 2.20. The first-order chi connectivity index (χ1) is 10.1. The molecule has 0 aliphatic carbocycles. The zero-order chi connectivity index (χ0) is 15.1. The molecule has 2 N–H and O–H groups in total. The van der Waals surface area contributed by atoms with Crippen LogP contribution in [0, 0.1) is 0 Å². The maximum absolute atomic E-state index is 10.9. The van der Waals surface area contributed by atoms with Gasteiger partial charge in [0.15, 0.2) is 0 Å². The van der Waals surface area contributed by atoms with E-state index in [1.165, 1.54) is 0 Å². The highest BCUT2D eigenvalue weighted by atomic mass is 79.9. The van der Waals surface area contributed by atoms with Gasteiger partial charge in [-0.1, -0.05) is 34.1 Å². The summed E-state index contributed by atoms with van der Waals surface area (Å²) in [6, 6.07) is 15.0. The maximum Gasteiger partial charge on any atom is 0.221 e. The van der Waals surface area contributed by atoms with Crippen LogP contribution in [0.4, 0.5) is 0 Å². The summed E-state index contributed by atoms with van der Waals surface area (Å²) in [6.07, 6.45) is 0.214. The lowest BCUT2D eigenvalue weighted by atomic mass is 10.1. The molecule has 0 unspecified atom stereocenters. The van der Waals surface area contributed by atoms with Crippen LogP contribution in [0.1, 0.15) is 5.56 Å². The van der Waals surface area contributed by atoms with E-state index in [1.807, 2.05) is 48.5 Å². The van der Waals surface area contributed by atoms with Crippen LogP contribution in [-0.4, -0.2) is 19.1 Å². The Kier molecular flexibility index (Phi) is 5.63. The van der Waals surface area contributed by atoms with E-state index in [4.69, 9.17) is 15.2 Å². The molecule has 5 heteroatoms. The molecule has 0 aromatic heterocycles. The van der Waals surface area contributed by atoms with Gasteiger partial charge in [0.1, 0.15) is 24.7 Å². The van der Waals surface area contributed by atoms with Crippen molar-refractivity contribution >= 4 is 21.8 Å². The summed E-state index contributed by atoms with van der Waals surface area (Å²) in [6.45, 7) is 0.864. The predicted octanol–water partition coefficient (Wildman–Crippen LogP) is 2.93. The Hall–Kier alpha value is -2.01. The Bertz CT molecular complexity index is 616. The highest BCUT2D eigenvalue weighted by Gasteiger charge is 2.01. The fourth-order valence-electron chi connectivity index (χ4n) is 1.82. The van der Waals surface area contributed by atoms with Crippen molar-refractivity contribution in [1.82, 2.24) is 0 Å². The molecule has 2 rings (SSSR count). The molecule has 0 saturated carbocycles. The molecule has 1 amide bonds. The molecule has 0 saturated heterocycles. The van der Waals surface area contributed by atoms with Crippen LogP contribution in [0.15, 0.2) is 53.0 Å². The summed E-state index contributed by atoms with van der Waals surface area (Å²) < 4.78 is 12.1. The van der Waals surface area contributed by atoms with E-state index in [0.29, 0.717) is 19.0 Å². The van der Waals surface area contributed by atoms with Crippen LogP contribution in [0.5, 0.6) is 11.5 Å². The Labute approximate surface area is 132 Å². The molecule has 2 aromatic rings. The molecular formula is C16H16BrNO3. The fraction of sp³-hybridized carbons (Fsp3) is 0.188. The number of ether oxygens (including phenoxy) is 2. The monoisotopic (exact) mass is 349 g/mol. The number of primary amides is 1. The number of carbonyl (C=O) groups is 1. The average molecular weight is 350 g/mol. The smallest absolute Gasteiger partial charge is 0.221 e. The van der Waals surface area contributed by atoms with Crippen molar-refractivity contribution in [3.63, 3.8) is 0 Å². The Morgan fingerprint density at radius 3 is 2.24 bits per heavy atom. The summed E-state index contributed by atoms with van der Waals surface area (Å²) in [5.41, 5.74) is 6.01. The van der Waals surface area contributed by atoms with Crippen molar-refractivity contribution in [3.8, 4) is 11.5 Å². The summed E-state index contributed by atoms with van der Waals surface area (Å²) in [7, 11) is 0. The zero-order valence-electron chi connectivity index (χ0n) is 11.4. The summed E-state index contributed by atoms with van der Waals surface area (Å²) in [5, 5.41) is 0. The molecule has 2 aromatic carbocycles. The minimum Gasteiger partial charge on any atom is -0.490 e. The molecule has 0 radical (unpaired) electrons. The second kappa shape index (κ2) is 7.69. The number of benzene rings is 2. The number of hydrogen-bond donors (Lipinski definition) is 1. The molecule has 110 valence electrons. The highest BCUT2D eigenvalue weighted by Crippen LogP contribution is 2.18. The molecule has 0 aliphatic heterocycles. The van der Waals surface area contributed by atoms with E-state index in [1.54, 1.807) is 0 Å². The average Bonchev–Trinajstić information content (AvgIpc) is 2.43. The first-order valence-corrected chi connectivity index (χ1v) is 7.31. The summed E-state index contributed by atoms with van der Waals surface area (Å²) >= 11 is 3.39. The van der Waals surface area contributed by atoms with Gasteiger partial charge in [-0.25, -0.2) is 0 Å². The van der Waals surface area contributed by atoms with Gasteiger partial charge in [-0.3, -0.25) is 4.79 Å². The minimum atomic E-state index is -0.356. The molecule has 0 bridgehead atoms. The van der Waals surface area contributed by atoms with Crippen LogP contribution in [0.3, 0.4) is 0 Å². The largest absolute Gasteiger partial charge is 0.490 e. The van der Waals surface area contributed by atoms with Crippen LogP contribution in [0.2, 0.25) is 0 Å². The Morgan fingerprint density at radius 2 is 1.62 bits per heavy atom. The topological polar surface area (TPSA) is 61.6 Å². The van der Waals surface area contributed by atoms with Gasteiger partial charge in [-0.05, 0) is 35.9 Å². The number of rotatable bonds is 7. The second-order valence-corrected chi connectivity index (χ2v) is 5.36. The molecule has 0 atom stereocenters. The first kappa shape index (κ1) is 15.4. The Balaban J connectivity index is 1.79. The standard InChI is InChI=1S/C16H16BrNO3/c17-13-4-2-6-15(11-13)21-8-7-20-14-5-1-3-12(9-14)10-16(18)19/h1-6,9,11H,7-8,10H2,(H2,18,19). The zero-order valence-corrected chi connectivity index (χ0v) is 13.0. The molecule has 0 aliphatic rings. The van der Waals surface area contributed by atoms with Crippen molar-refractivity contribution < 1.29 is 14.3 Å². The number of amides is 1. The van der Waals surface area contributed by atoms with Gasteiger partial charge in [0.25, 0.3) is 0 Å². The van der Waals surface area contributed by atoms with Gasteiger partial charge < -0.3 is 15.2 Å². The molecule has 0 spiro atoms. The second-order valence-electron chi connectivity index (χ2n) is 4.44. The molecule has 21 heavy (non-hydrogen) atoms. The molecular weight excluding hydrogens is 334 g/mol. The van der Waals surface area contributed by atoms with Gasteiger partial charge in [0.05, 0.1) is 6.42 Å². The van der Waals surface area contributed by atoms with Gasteiger partial charge in [0, 0.05) is 4.47 Å². The lowest BCUT2D eigenvalue weighted by Crippen LogP contribution is -2.13. The van der Waals surface area contributed by atoms with Gasteiger partial charge in [0.2, 0.25) is 5.91 Å². The van der Waals surface area contributed by atoms with Gasteiger partial charge in [-0.15, -0.1) is 0 Å². The van der Waals surface area contributed by atoms with Crippen molar-refractivity contribution in [1.29, 1.82) is 0 Å². The van der Waals surface area contributed by atoms with Crippen LogP contribution in [0.25, 0.3) is 0 Å². The third-order valence-electron chi connectivity index (χ3n) is 2.69. The van der Waals surface area contributed by atoms with Crippen molar-refractivity contribution in [3.05, 3.63) is 58.6 Å². The minimum absolute atomic E-state index is 0.214. The van der Waals surface area contributed by atoms with E-state index >= 15 is 0 Å². The Morgan fingerprint density at radius 1 is 1.00 bits per heavy atom. The highest BCUT2D eigenvalue weighted by molar-refractivity contribution is 9.10. The number of nitrogens with two attached hydrogens (primary N) is 1. The number of hydrogen-bond acceptors (Lipinski definition) is 3. The number of carbonyl (C=O) groups excluding carboxylic acids is 1. The van der Waals surface area contributed by atoms with E-state index in [-0.39, 0.29) is 12.3 Å². The van der Waals surface area contributed by atoms with Crippen LogP contribution >= 0.6 is 15.9 Å². The molecule has 0 fully saturated rings. The lowest BCUT2D eigenvalue weighted by Gasteiger charge is -2.09. The maximum atomic E-state index is 10.9. The van der Waals surface area contributed by atoms with E-state index in [9.17, 15) is 4.79 Å². The van der Waals surface area contributed by atoms with E-state index in [0.717, 1.165) is 15.8 Å². The van der Waals surface area contributed by atoms with Crippen molar-refractivity contribution in [2.45, 2.75) is 6.42 Å². The van der Waals surface area contributed by atoms with Gasteiger partial charge >= 0.3 is 0 Å². The normalized spacial score (nSPS) is 10.1. The SMILES string of the molecule is NC(=O)Cc1cccc(OCCOc2cccc(Br)c2)c1. The summed E-state index contributed by atoms with van der Waals surface area (Å²) in [5.74, 6) is 1.13. The van der Waals surface area contributed by atoms with Crippen molar-refractivity contribution in [2.24, 2.45) is 5.73 Å². The third kappa shape index (κ3) is 5.47. The number of halogens is 1. The predicted molar refractivity (Wildman–Crippen MR) is 84.5 cm³/mol. The van der Waals surface area contributed by atoms with Crippen LogP contribution in [-0.2, 0) is 11.2 Å². The molecule has 0 heterocycles. The van der Waals surface area contributed by atoms with Gasteiger partial charge in [-0.2, -0.15) is 0 Å². The summed E-state index contributed by atoms with van der Waals surface area (Å²) in [4.78, 5) is 10.9. The quantitative estimate of drug-likeness (QED) is 0.781. The lowest BCUT2D eigenvalue weighted by molar-refractivity contribution is -0.117.